The minimum absolute atomic E-state index is 0.0341. The lowest BCUT2D eigenvalue weighted by atomic mass is 10.2. The lowest BCUT2D eigenvalue weighted by Gasteiger charge is -2.28. The van der Waals surface area contributed by atoms with Gasteiger partial charge < -0.3 is 9.80 Å². The van der Waals surface area contributed by atoms with Crippen LogP contribution in [0.15, 0.2) is 11.6 Å². The highest BCUT2D eigenvalue weighted by Gasteiger charge is 2.25. The van der Waals surface area contributed by atoms with Crippen molar-refractivity contribution in [1.29, 1.82) is 0 Å². The Hall–Kier alpha value is -1.43. The molecule has 0 bridgehead atoms. The zero-order chi connectivity index (χ0) is 14.5. The lowest BCUT2D eigenvalue weighted by molar-refractivity contribution is -0.139. The molecular formula is C14H21N3O2S. The van der Waals surface area contributed by atoms with Crippen molar-refractivity contribution in [2.45, 2.75) is 39.2 Å². The van der Waals surface area contributed by atoms with Crippen molar-refractivity contribution in [1.82, 2.24) is 14.8 Å². The lowest BCUT2D eigenvalue weighted by Crippen LogP contribution is -2.45. The molecule has 0 N–H and O–H groups in total. The summed E-state index contributed by atoms with van der Waals surface area (Å²) in [7, 11) is 0. The van der Waals surface area contributed by atoms with E-state index in [0.29, 0.717) is 19.5 Å². The molecule has 0 aliphatic carbocycles. The van der Waals surface area contributed by atoms with Gasteiger partial charge in [0.15, 0.2) is 0 Å². The molecule has 0 saturated carbocycles. The molecule has 1 aliphatic heterocycles. The summed E-state index contributed by atoms with van der Waals surface area (Å²) in [6.45, 7) is 5.60. The molecule has 2 amide bonds. The molecule has 0 unspecified atom stereocenters. The molecule has 6 heteroatoms. The molecule has 5 nitrogen and oxygen atoms in total. The fourth-order valence-electron chi connectivity index (χ4n) is 2.39. The molecule has 0 radical (unpaired) electrons. The van der Waals surface area contributed by atoms with Crippen molar-refractivity contribution < 1.29 is 9.59 Å². The Morgan fingerprint density at radius 3 is 2.90 bits per heavy atom. The van der Waals surface area contributed by atoms with Crippen LogP contribution in [0.1, 0.15) is 31.7 Å². The van der Waals surface area contributed by atoms with Crippen molar-refractivity contribution in [3.63, 3.8) is 0 Å². The second kappa shape index (κ2) is 6.83. The van der Waals surface area contributed by atoms with E-state index in [1.54, 1.807) is 22.4 Å². The van der Waals surface area contributed by atoms with Crippen LogP contribution in [-0.4, -0.2) is 52.3 Å². The van der Waals surface area contributed by atoms with Crippen molar-refractivity contribution in [3.05, 3.63) is 16.6 Å². The first-order valence-corrected chi connectivity index (χ1v) is 7.91. The molecule has 20 heavy (non-hydrogen) atoms. The monoisotopic (exact) mass is 295 g/mol. The highest BCUT2D eigenvalue weighted by atomic mass is 32.1. The van der Waals surface area contributed by atoms with E-state index >= 15 is 0 Å². The molecule has 1 aromatic rings. The van der Waals surface area contributed by atoms with Crippen LogP contribution in [0.4, 0.5) is 0 Å². The van der Waals surface area contributed by atoms with E-state index in [1.807, 2.05) is 24.1 Å². The second-order valence-electron chi connectivity index (χ2n) is 5.28. The number of hydrogen-bond donors (Lipinski definition) is 0. The quantitative estimate of drug-likeness (QED) is 0.800. The number of carbonyl (C=O) groups is 2. The van der Waals surface area contributed by atoms with Gasteiger partial charge in [-0.25, -0.2) is 4.98 Å². The molecule has 1 saturated heterocycles. The fraction of sp³-hybridized carbons (Fsp3) is 0.643. The first-order valence-electron chi connectivity index (χ1n) is 7.03. The molecule has 0 spiro atoms. The third-order valence-electron chi connectivity index (χ3n) is 3.49. The second-order valence-corrected chi connectivity index (χ2v) is 6.25. The molecule has 2 heterocycles. The van der Waals surface area contributed by atoms with Crippen LogP contribution < -0.4 is 0 Å². The molecule has 1 aliphatic rings. The van der Waals surface area contributed by atoms with Gasteiger partial charge in [0.2, 0.25) is 11.8 Å². The van der Waals surface area contributed by atoms with Gasteiger partial charge in [0.05, 0.1) is 11.6 Å². The van der Waals surface area contributed by atoms with Crippen molar-refractivity contribution in [2.75, 3.05) is 19.6 Å². The van der Waals surface area contributed by atoms with Crippen molar-refractivity contribution in [2.24, 2.45) is 0 Å². The predicted octanol–water partition coefficient (Wildman–Crippen LogP) is 1.55. The first kappa shape index (κ1) is 15.0. The molecule has 110 valence electrons. The summed E-state index contributed by atoms with van der Waals surface area (Å²) in [6, 6.07) is 0.139. The maximum absolute atomic E-state index is 12.4. The summed E-state index contributed by atoms with van der Waals surface area (Å²) < 4.78 is 0. The number of amides is 2. The largest absolute Gasteiger partial charge is 0.338 e. The number of nitrogens with zero attached hydrogens (tertiary/aromatic N) is 3. The van der Waals surface area contributed by atoms with E-state index in [4.69, 9.17) is 0 Å². The summed E-state index contributed by atoms with van der Waals surface area (Å²) in [6.07, 6.45) is 4.00. The van der Waals surface area contributed by atoms with Gasteiger partial charge in [-0.05, 0) is 20.3 Å². The average Bonchev–Trinajstić information content (AvgIpc) is 3.02. The topological polar surface area (TPSA) is 53.5 Å². The maximum atomic E-state index is 12.4. The molecule has 1 aromatic heterocycles. The highest BCUT2D eigenvalue weighted by molar-refractivity contribution is 7.09. The number of carbonyl (C=O) groups excluding carboxylic acids is 2. The smallest absolute Gasteiger partial charge is 0.242 e. The van der Waals surface area contributed by atoms with Gasteiger partial charge in [-0.15, -0.1) is 11.3 Å². The molecule has 0 atom stereocenters. The minimum Gasteiger partial charge on any atom is -0.338 e. The summed E-state index contributed by atoms with van der Waals surface area (Å²) in [4.78, 5) is 31.7. The van der Waals surface area contributed by atoms with Crippen LogP contribution in [0.2, 0.25) is 0 Å². The van der Waals surface area contributed by atoms with E-state index in [0.717, 1.165) is 17.8 Å². The Labute approximate surface area is 123 Å². The average molecular weight is 295 g/mol. The van der Waals surface area contributed by atoms with E-state index in [9.17, 15) is 9.59 Å². The minimum atomic E-state index is 0.0341. The normalized spacial score (nSPS) is 15.2. The number of hydrogen-bond acceptors (Lipinski definition) is 4. The zero-order valence-corrected chi connectivity index (χ0v) is 12.9. The van der Waals surface area contributed by atoms with Crippen molar-refractivity contribution in [3.8, 4) is 0 Å². The van der Waals surface area contributed by atoms with Gasteiger partial charge >= 0.3 is 0 Å². The molecule has 0 aromatic carbocycles. The highest BCUT2D eigenvalue weighted by Crippen LogP contribution is 2.12. The third-order valence-corrected chi connectivity index (χ3v) is 4.33. The number of likely N-dealkylation sites (tertiary alicyclic amines) is 1. The molecule has 2 rings (SSSR count). The van der Waals surface area contributed by atoms with E-state index in [-0.39, 0.29) is 24.4 Å². The van der Waals surface area contributed by atoms with Gasteiger partial charge in [-0.1, -0.05) is 0 Å². The number of thiazole rings is 1. The third kappa shape index (κ3) is 3.79. The number of aromatic nitrogens is 1. The van der Waals surface area contributed by atoms with Crippen LogP contribution in [0, 0.1) is 0 Å². The van der Waals surface area contributed by atoms with Gasteiger partial charge in [0.25, 0.3) is 0 Å². The van der Waals surface area contributed by atoms with E-state index in [2.05, 4.69) is 4.98 Å². The van der Waals surface area contributed by atoms with Gasteiger partial charge in [-0.3, -0.25) is 9.59 Å². The standard InChI is InChI=1S/C14H21N3O2S/c1-11(2)17(8-5-12-15-6-9-20-12)14(19)10-16-7-3-4-13(16)18/h6,9,11H,3-5,7-8,10H2,1-2H3. The van der Waals surface area contributed by atoms with Crippen LogP contribution in [-0.2, 0) is 16.0 Å². The van der Waals surface area contributed by atoms with Crippen molar-refractivity contribution >= 4 is 23.2 Å². The summed E-state index contributed by atoms with van der Waals surface area (Å²) in [5.41, 5.74) is 0. The number of rotatable bonds is 6. The first-order chi connectivity index (χ1) is 9.58. The summed E-state index contributed by atoms with van der Waals surface area (Å²) >= 11 is 1.61. The summed E-state index contributed by atoms with van der Waals surface area (Å²) in [5.74, 6) is 0.133. The Kier molecular flexibility index (Phi) is 5.11. The zero-order valence-electron chi connectivity index (χ0n) is 12.0. The SMILES string of the molecule is CC(C)N(CCc1nccs1)C(=O)CN1CCCC1=O. The van der Waals surface area contributed by atoms with E-state index < -0.39 is 0 Å². The van der Waals surface area contributed by atoms with Crippen LogP contribution >= 0.6 is 11.3 Å². The van der Waals surface area contributed by atoms with E-state index in [1.165, 1.54) is 0 Å². The van der Waals surface area contributed by atoms with Crippen LogP contribution in [0.5, 0.6) is 0 Å². The molecule has 1 fully saturated rings. The van der Waals surface area contributed by atoms with Gasteiger partial charge in [0.1, 0.15) is 0 Å². The fourth-order valence-corrected chi connectivity index (χ4v) is 3.00. The van der Waals surface area contributed by atoms with Gasteiger partial charge in [-0.2, -0.15) is 0 Å². The van der Waals surface area contributed by atoms with Gasteiger partial charge in [0, 0.05) is 43.5 Å². The summed E-state index contributed by atoms with van der Waals surface area (Å²) in [5, 5.41) is 2.99. The Morgan fingerprint density at radius 1 is 1.55 bits per heavy atom. The van der Waals surface area contributed by atoms with Crippen LogP contribution in [0.3, 0.4) is 0 Å². The Morgan fingerprint density at radius 2 is 2.35 bits per heavy atom. The Bertz CT molecular complexity index is 459. The molecular weight excluding hydrogens is 274 g/mol. The predicted molar refractivity (Wildman–Crippen MR) is 78.5 cm³/mol. The maximum Gasteiger partial charge on any atom is 0.242 e. The Balaban J connectivity index is 1.90. The van der Waals surface area contributed by atoms with Crippen LogP contribution in [0.25, 0.3) is 0 Å².